The van der Waals surface area contributed by atoms with Crippen LogP contribution in [-0.4, -0.2) is 11.1 Å². The van der Waals surface area contributed by atoms with E-state index in [1.54, 1.807) is 0 Å². The third kappa shape index (κ3) is 3.62. The van der Waals surface area contributed by atoms with E-state index in [9.17, 15) is 23.1 Å². The zero-order valence-electron chi connectivity index (χ0n) is 13.6. The normalized spacial score (nSPS) is 16.2. The monoisotopic (exact) mass is 350 g/mol. The molecular weight excluding hydrogens is 333 g/mol. The van der Waals surface area contributed by atoms with Crippen LogP contribution < -0.4 is 4.74 Å². The number of rotatable bonds is 3. The SMILES string of the molecule is CC1(C(=O)Oc2cc(O)cc(-c3ccc(C(F)(F)F)cc3)c2)CCC1. The van der Waals surface area contributed by atoms with Gasteiger partial charge in [-0.2, -0.15) is 13.2 Å². The molecule has 1 aliphatic rings. The van der Waals surface area contributed by atoms with Crippen LogP contribution in [0.5, 0.6) is 11.5 Å². The Bertz CT molecular complexity index is 791. The summed E-state index contributed by atoms with van der Waals surface area (Å²) in [4.78, 5) is 12.2. The third-order valence-electron chi connectivity index (χ3n) is 4.60. The van der Waals surface area contributed by atoms with Crippen molar-refractivity contribution in [2.45, 2.75) is 32.4 Å². The summed E-state index contributed by atoms with van der Waals surface area (Å²) >= 11 is 0. The van der Waals surface area contributed by atoms with E-state index in [-0.39, 0.29) is 17.5 Å². The smallest absolute Gasteiger partial charge is 0.416 e. The minimum absolute atomic E-state index is 0.126. The number of hydrogen-bond donors (Lipinski definition) is 1. The summed E-state index contributed by atoms with van der Waals surface area (Å²) in [7, 11) is 0. The lowest BCUT2D eigenvalue weighted by molar-refractivity contribution is -0.149. The van der Waals surface area contributed by atoms with Crippen LogP contribution in [0, 0.1) is 5.41 Å². The van der Waals surface area contributed by atoms with Gasteiger partial charge in [0.05, 0.1) is 11.0 Å². The first-order valence-corrected chi connectivity index (χ1v) is 7.91. The molecule has 0 spiro atoms. The molecule has 3 nitrogen and oxygen atoms in total. The van der Waals surface area contributed by atoms with Crippen LogP contribution in [0.1, 0.15) is 31.7 Å². The molecule has 2 aromatic rings. The lowest BCUT2D eigenvalue weighted by Gasteiger charge is -2.35. The Labute approximate surface area is 143 Å². The molecule has 0 bridgehead atoms. The van der Waals surface area contributed by atoms with Crippen molar-refractivity contribution in [3.63, 3.8) is 0 Å². The van der Waals surface area contributed by atoms with E-state index >= 15 is 0 Å². The number of carbonyl (C=O) groups excluding carboxylic acids is 1. The molecule has 132 valence electrons. The molecule has 25 heavy (non-hydrogen) atoms. The number of alkyl halides is 3. The molecule has 1 N–H and O–H groups in total. The summed E-state index contributed by atoms with van der Waals surface area (Å²) in [5.74, 6) is -0.310. The van der Waals surface area contributed by atoms with Crippen molar-refractivity contribution in [3.8, 4) is 22.6 Å². The van der Waals surface area contributed by atoms with Crippen LogP contribution in [0.25, 0.3) is 11.1 Å². The van der Waals surface area contributed by atoms with Crippen molar-refractivity contribution in [1.82, 2.24) is 0 Å². The van der Waals surface area contributed by atoms with Crippen molar-refractivity contribution < 1.29 is 27.8 Å². The minimum Gasteiger partial charge on any atom is -0.508 e. The number of esters is 1. The molecule has 0 aromatic heterocycles. The van der Waals surface area contributed by atoms with E-state index in [0.29, 0.717) is 11.1 Å². The van der Waals surface area contributed by atoms with Crippen molar-refractivity contribution in [2.24, 2.45) is 5.41 Å². The Morgan fingerprint density at radius 2 is 1.72 bits per heavy atom. The first-order valence-electron chi connectivity index (χ1n) is 7.91. The molecule has 0 atom stereocenters. The standard InChI is InChI=1S/C19H17F3O3/c1-18(7-2-8-18)17(24)25-16-10-13(9-15(23)11-16)12-3-5-14(6-4-12)19(20,21)22/h3-6,9-11,23H,2,7-8H2,1H3. The lowest BCUT2D eigenvalue weighted by Crippen LogP contribution is -2.38. The van der Waals surface area contributed by atoms with E-state index < -0.39 is 17.2 Å². The fourth-order valence-corrected chi connectivity index (χ4v) is 2.80. The van der Waals surface area contributed by atoms with Gasteiger partial charge < -0.3 is 9.84 Å². The van der Waals surface area contributed by atoms with E-state index in [4.69, 9.17) is 4.74 Å². The van der Waals surface area contributed by atoms with Gasteiger partial charge in [0.25, 0.3) is 0 Å². The average molecular weight is 350 g/mol. The molecular formula is C19H17F3O3. The van der Waals surface area contributed by atoms with Gasteiger partial charge in [-0.25, -0.2) is 0 Å². The molecule has 1 saturated carbocycles. The molecule has 0 radical (unpaired) electrons. The first kappa shape index (κ1) is 17.3. The molecule has 0 unspecified atom stereocenters. The van der Waals surface area contributed by atoms with Gasteiger partial charge in [-0.3, -0.25) is 4.79 Å². The molecule has 0 amide bonds. The van der Waals surface area contributed by atoms with Crippen molar-refractivity contribution in [3.05, 3.63) is 48.0 Å². The Hall–Kier alpha value is -2.50. The van der Waals surface area contributed by atoms with E-state index in [2.05, 4.69) is 0 Å². The zero-order valence-corrected chi connectivity index (χ0v) is 13.6. The number of aromatic hydroxyl groups is 1. The molecule has 2 aromatic carbocycles. The Morgan fingerprint density at radius 3 is 2.24 bits per heavy atom. The second-order valence-electron chi connectivity index (χ2n) is 6.59. The zero-order chi connectivity index (χ0) is 18.2. The fraction of sp³-hybridized carbons (Fsp3) is 0.316. The topological polar surface area (TPSA) is 46.5 Å². The number of halogens is 3. The van der Waals surface area contributed by atoms with Gasteiger partial charge in [0.15, 0.2) is 0 Å². The highest BCUT2D eigenvalue weighted by molar-refractivity contribution is 5.80. The lowest BCUT2D eigenvalue weighted by atomic mass is 9.70. The molecule has 0 saturated heterocycles. The summed E-state index contributed by atoms with van der Waals surface area (Å²) < 4.78 is 43.3. The maximum absolute atomic E-state index is 12.6. The number of ether oxygens (including phenoxy) is 1. The van der Waals surface area contributed by atoms with Crippen LogP contribution in [-0.2, 0) is 11.0 Å². The van der Waals surface area contributed by atoms with Crippen LogP contribution in [0.3, 0.4) is 0 Å². The number of phenolic OH excluding ortho intramolecular Hbond substituents is 1. The summed E-state index contributed by atoms with van der Waals surface area (Å²) in [6.07, 6.45) is -1.91. The van der Waals surface area contributed by atoms with E-state index in [0.717, 1.165) is 31.4 Å². The Balaban J connectivity index is 1.85. The highest BCUT2D eigenvalue weighted by Gasteiger charge is 2.41. The van der Waals surface area contributed by atoms with Crippen molar-refractivity contribution >= 4 is 5.97 Å². The third-order valence-corrected chi connectivity index (χ3v) is 4.60. The summed E-state index contributed by atoms with van der Waals surface area (Å²) in [6, 6.07) is 8.83. The summed E-state index contributed by atoms with van der Waals surface area (Å²) in [5, 5.41) is 9.85. The quantitative estimate of drug-likeness (QED) is 0.613. The predicted octanol–water partition coefficient (Wildman–Crippen LogP) is 5.17. The van der Waals surface area contributed by atoms with Gasteiger partial charge in [0.1, 0.15) is 11.5 Å². The predicted molar refractivity (Wildman–Crippen MR) is 86.1 cm³/mol. The molecule has 3 rings (SSSR count). The molecule has 6 heteroatoms. The Morgan fingerprint density at radius 1 is 1.08 bits per heavy atom. The van der Waals surface area contributed by atoms with Crippen LogP contribution in [0.4, 0.5) is 13.2 Å². The number of carbonyl (C=O) groups is 1. The number of hydrogen-bond acceptors (Lipinski definition) is 3. The molecule has 0 aliphatic heterocycles. The van der Waals surface area contributed by atoms with Crippen LogP contribution in [0.2, 0.25) is 0 Å². The summed E-state index contributed by atoms with van der Waals surface area (Å²) in [6.45, 7) is 1.83. The van der Waals surface area contributed by atoms with Crippen LogP contribution in [0.15, 0.2) is 42.5 Å². The van der Waals surface area contributed by atoms with Crippen molar-refractivity contribution in [2.75, 3.05) is 0 Å². The minimum atomic E-state index is -4.41. The van der Waals surface area contributed by atoms with Crippen LogP contribution >= 0.6 is 0 Å². The van der Waals surface area contributed by atoms with E-state index in [1.807, 2.05) is 6.92 Å². The maximum Gasteiger partial charge on any atom is 0.416 e. The summed E-state index contributed by atoms with van der Waals surface area (Å²) in [5.41, 5.74) is -0.299. The van der Waals surface area contributed by atoms with Gasteiger partial charge in [0.2, 0.25) is 0 Å². The first-order chi connectivity index (χ1) is 11.7. The second kappa shape index (κ2) is 6.10. The van der Waals surface area contributed by atoms with Gasteiger partial charge in [-0.1, -0.05) is 18.6 Å². The van der Waals surface area contributed by atoms with E-state index in [1.165, 1.54) is 30.3 Å². The maximum atomic E-state index is 12.6. The van der Waals surface area contributed by atoms with Crippen molar-refractivity contribution in [1.29, 1.82) is 0 Å². The molecule has 1 aliphatic carbocycles. The van der Waals surface area contributed by atoms with Gasteiger partial charge in [0, 0.05) is 6.07 Å². The van der Waals surface area contributed by atoms with Gasteiger partial charge in [-0.15, -0.1) is 0 Å². The Kier molecular flexibility index (Phi) is 4.22. The number of benzene rings is 2. The van der Waals surface area contributed by atoms with Gasteiger partial charge in [-0.05, 0) is 55.2 Å². The molecule has 1 fully saturated rings. The highest BCUT2D eigenvalue weighted by Crippen LogP contribution is 2.42. The highest BCUT2D eigenvalue weighted by atomic mass is 19.4. The second-order valence-corrected chi connectivity index (χ2v) is 6.59. The average Bonchev–Trinajstić information content (AvgIpc) is 2.51. The fourth-order valence-electron chi connectivity index (χ4n) is 2.80. The number of phenols is 1. The largest absolute Gasteiger partial charge is 0.508 e. The van der Waals surface area contributed by atoms with Gasteiger partial charge >= 0.3 is 12.1 Å². The molecule has 0 heterocycles.